The van der Waals surface area contributed by atoms with Crippen LogP contribution in [0.2, 0.25) is 0 Å². The van der Waals surface area contributed by atoms with Gasteiger partial charge >= 0.3 is 0 Å². The normalized spacial score (nSPS) is 11.2. The number of aliphatic hydroxyl groups excluding tert-OH is 1. The second kappa shape index (κ2) is 10.6. The Bertz CT molecular complexity index is 1340. The number of rotatable bonds is 10. The van der Waals surface area contributed by atoms with Gasteiger partial charge in [-0.3, -0.25) is 9.48 Å². The predicted octanol–water partition coefficient (Wildman–Crippen LogP) is 3.24. The van der Waals surface area contributed by atoms with Gasteiger partial charge in [-0.15, -0.1) is 0 Å². The third kappa shape index (κ3) is 5.11. The third-order valence-corrected chi connectivity index (χ3v) is 5.41. The van der Waals surface area contributed by atoms with E-state index >= 15 is 4.39 Å². The number of benzene rings is 1. The van der Waals surface area contributed by atoms with Crippen LogP contribution in [0.4, 0.5) is 26.1 Å². The van der Waals surface area contributed by atoms with Gasteiger partial charge in [0.15, 0.2) is 11.5 Å². The van der Waals surface area contributed by atoms with Gasteiger partial charge in [0.2, 0.25) is 11.9 Å². The molecular formula is C23H26F2N8O2. The minimum Gasteiger partial charge on any atom is -0.394 e. The Balaban J connectivity index is 1.65. The largest absolute Gasteiger partial charge is 0.394 e. The minimum atomic E-state index is -0.799. The summed E-state index contributed by atoms with van der Waals surface area (Å²) in [4.78, 5) is 22.4. The zero-order valence-electron chi connectivity index (χ0n) is 19.4. The highest BCUT2D eigenvalue weighted by Gasteiger charge is 2.22. The first kappa shape index (κ1) is 24.2. The fraction of sp³-hybridized carbons (Fsp3) is 0.348. The molecular weight excluding hydrogens is 458 g/mol. The van der Waals surface area contributed by atoms with Gasteiger partial charge in [0.25, 0.3) is 0 Å². The molecule has 4 aromatic rings. The molecule has 0 spiro atoms. The lowest BCUT2D eigenvalue weighted by molar-refractivity contribution is -0.118. The quantitative estimate of drug-likeness (QED) is 0.355. The van der Waals surface area contributed by atoms with Crippen molar-refractivity contribution in [3.05, 3.63) is 54.1 Å². The maximum absolute atomic E-state index is 15.5. The Kier molecular flexibility index (Phi) is 7.30. The third-order valence-electron chi connectivity index (χ3n) is 5.41. The van der Waals surface area contributed by atoms with Gasteiger partial charge < -0.3 is 15.3 Å². The monoisotopic (exact) mass is 484 g/mol. The van der Waals surface area contributed by atoms with Crippen LogP contribution in [0, 0.1) is 11.6 Å². The summed E-state index contributed by atoms with van der Waals surface area (Å²) >= 11 is 0. The van der Waals surface area contributed by atoms with Crippen molar-refractivity contribution in [2.24, 2.45) is 0 Å². The van der Waals surface area contributed by atoms with Crippen LogP contribution in [-0.4, -0.2) is 53.7 Å². The number of aliphatic hydroxyl groups is 1. The molecule has 0 saturated carbocycles. The van der Waals surface area contributed by atoms with Crippen molar-refractivity contribution in [3.63, 3.8) is 0 Å². The maximum Gasteiger partial charge on any atom is 0.229 e. The lowest BCUT2D eigenvalue weighted by Gasteiger charge is -2.23. The Labute approximate surface area is 200 Å². The molecule has 0 aliphatic heterocycles. The molecule has 0 aliphatic rings. The molecule has 12 heteroatoms. The molecule has 0 radical (unpaired) electrons. The Morgan fingerprint density at radius 3 is 2.74 bits per heavy atom. The second-order valence-electron chi connectivity index (χ2n) is 7.87. The van der Waals surface area contributed by atoms with E-state index in [2.05, 4.69) is 25.5 Å². The number of carbonyl (C=O) groups excluding carboxylic acids is 1. The van der Waals surface area contributed by atoms with Gasteiger partial charge in [0.05, 0.1) is 48.9 Å². The van der Waals surface area contributed by atoms with E-state index in [1.165, 1.54) is 21.8 Å². The lowest BCUT2D eigenvalue weighted by Crippen LogP contribution is -2.32. The second-order valence-corrected chi connectivity index (χ2v) is 7.87. The molecule has 1 aromatic carbocycles. The average Bonchev–Trinajstić information content (AvgIpc) is 3.47. The summed E-state index contributed by atoms with van der Waals surface area (Å²) in [6.07, 6.45) is 7.17. The van der Waals surface area contributed by atoms with E-state index in [0.29, 0.717) is 36.2 Å². The standard InChI is InChI=1S/C23H26F2N8O2/c1-3-7-32(20(35)4-2)19-6-5-18(24)17(21(19)25)14-33-22-15(11-28-33)10-26-23(30-22)29-16-12-27-31(13-16)8-9-34/h5-6,10-13,34H,3-4,7-9,14H2,1-2H3,(H,26,29,30). The number of fused-ring (bicyclic) bond motifs is 1. The summed E-state index contributed by atoms with van der Waals surface area (Å²) in [7, 11) is 0. The highest BCUT2D eigenvalue weighted by atomic mass is 19.1. The van der Waals surface area contributed by atoms with E-state index in [0.717, 1.165) is 6.07 Å². The maximum atomic E-state index is 15.5. The summed E-state index contributed by atoms with van der Waals surface area (Å²) in [5.41, 5.74) is 0.828. The predicted molar refractivity (Wildman–Crippen MR) is 126 cm³/mol. The van der Waals surface area contributed by atoms with Crippen LogP contribution in [0.15, 0.2) is 36.9 Å². The summed E-state index contributed by atoms with van der Waals surface area (Å²) in [6, 6.07) is 2.46. The summed E-state index contributed by atoms with van der Waals surface area (Å²) in [5.74, 6) is -1.52. The summed E-state index contributed by atoms with van der Waals surface area (Å²) < 4.78 is 33.2. The molecule has 35 heavy (non-hydrogen) atoms. The molecule has 10 nitrogen and oxygen atoms in total. The first-order chi connectivity index (χ1) is 16.9. The van der Waals surface area contributed by atoms with Crippen molar-refractivity contribution in [3.8, 4) is 0 Å². The van der Waals surface area contributed by atoms with Gasteiger partial charge in [-0.1, -0.05) is 13.8 Å². The molecule has 3 aromatic heterocycles. The molecule has 0 aliphatic carbocycles. The number of amides is 1. The molecule has 1 amide bonds. The highest BCUT2D eigenvalue weighted by Crippen LogP contribution is 2.27. The molecule has 0 bridgehead atoms. The van der Waals surface area contributed by atoms with Crippen LogP contribution < -0.4 is 10.2 Å². The van der Waals surface area contributed by atoms with E-state index in [1.807, 2.05) is 6.92 Å². The van der Waals surface area contributed by atoms with Gasteiger partial charge in [-0.25, -0.2) is 18.4 Å². The number of nitrogens with zero attached hydrogens (tertiary/aromatic N) is 7. The van der Waals surface area contributed by atoms with Gasteiger partial charge in [-0.05, 0) is 18.6 Å². The van der Waals surface area contributed by atoms with E-state index in [9.17, 15) is 9.18 Å². The van der Waals surface area contributed by atoms with Crippen molar-refractivity contribution < 1.29 is 18.7 Å². The molecule has 3 heterocycles. The Morgan fingerprint density at radius 2 is 2.00 bits per heavy atom. The molecule has 0 atom stereocenters. The van der Waals surface area contributed by atoms with E-state index in [-0.39, 0.29) is 42.7 Å². The number of hydrogen-bond acceptors (Lipinski definition) is 7. The minimum absolute atomic E-state index is 0.0418. The van der Waals surface area contributed by atoms with Gasteiger partial charge in [0.1, 0.15) is 5.82 Å². The molecule has 184 valence electrons. The van der Waals surface area contributed by atoms with Crippen molar-refractivity contribution in [2.45, 2.75) is 39.8 Å². The smallest absolute Gasteiger partial charge is 0.229 e. The van der Waals surface area contributed by atoms with Crippen LogP contribution >= 0.6 is 0 Å². The first-order valence-electron chi connectivity index (χ1n) is 11.3. The molecule has 0 saturated heterocycles. The van der Waals surface area contributed by atoms with Crippen LogP contribution in [0.1, 0.15) is 32.3 Å². The zero-order valence-corrected chi connectivity index (χ0v) is 19.4. The first-order valence-corrected chi connectivity index (χ1v) is 11.3. The number of anilines is 3. The number of hydrogen-bond donors (Lipinski definition) is 2. The van der Waals surface area contributed by atoms with Gasteiger partial charge in [0, 0.05) is 30.9 Å². The summed E-state index contributed by atoms with van der Waals surface area (Å²) in [5, 5.41) is 21.0. The molecule has 2 N–H and O–H groups in total. The van der Waals surface area contributed by atoms with E-state index in [1.54, 1.807) is 30.2 Å². The fourth-order valence-electron chi connectivity index (χ4n) is 3.71. The summed E-state index contributed by atoms with van der Waals surface area (Å²) in [6.45, 7) is 4.00. The number of carbonyl (C=O) groups is 1. The van der Waals surface area contributed by atoms with Crippen molar-refractivity contribution in [2.75, 3.05) is 23.4 Å². The lowest BCUT2D eigenvalue weighted by atomic mass is 10.1. The number of aromatic nitrogens is 6. The van der Waals surface area contributed by atoms with Crippen molar-refractivity contribution in [1.82, 2.24) is 29.5 Å². The average molecular weight is 485 g/mol. The van der Waals surface area contributed by atoms with Crippen molar-refractivity contribution >= 4 is 34.3 Å². The topological polar surface area (TPSA) is 114 Å². The van der Waals surface area contributed by atoms with Crippen LogP contribution in [-0.2, 0) is 17.9 Å². The number of nitrogens with one attached hydrogen (secondary N) is 1. The van der Waals surface area contributed by atoms with Crippen LogP contribution in [0.25, 0.3) is 11.0 Å². The van der Waals surface area contributed by atoms with Crippen LogP contribution in [0.5, 0.6) is 0 Å². The molecule has 0 unspecified atom stereocenters. The highest BCUT2D eigenvalue weighted by molar-refractivity contribution is 5.93. The zero-order chi connectivity index (χ0) is 24.9. The van der Waals surface area contributed by atoms with Gasteiger partial charge in [-0.2, -0.15) is 15.2 Å². The number of halogens is 2. The van der Waals surface area contributed by atoms with E-state index < -0.39 is 11.6 Å². The molecule has 4 rings (SSSR count). The Hall–Kier alpha value is -3.93. The van der Waals surface area contributed by atoms with Crippen LogP contribution in [0.3, 0.4) is 0 Å². The SMILES string of the molecule is CCCN(C(=O)CC)c1ccc(F)c(Cn2ncc3cnc(Nc4cnn(CCO)c4)nc32)c1F. The fourth-order valence-corrected chi connectivity index (χ4v) is 3.71. The van der Waals surface area contributed by atoms with Crippen molar-refractivity contribution in [1.29, 1.82) is 0 Å². The Morgan fingerprint density at radius 1 is 1.17 bits per heavy atom. The van der Waals surface area contributed by atoms with E-state index in [4.69, 9.17) is 5.11 Å². The molecule has 0 fully saturated rings.